The molecular weight excluding hydrogens is 218 g/mol. The number of methoxy groups -OCH3 is 1. The minimum absolute atomic E-state index is 0.0553. The van der Waals surface area contributed by atoms with E-state index in [1.807, 2.05) is 0 Å². The van der Waals surface area contributed by atoms with E-state index in [9.17, 15) is 9.59 Å². The minimum Gasteiger partial charge on any atom is -0.453 e. The minimum atomic E-state index is -0.430. The van der Waals surface area contributed by atoms with E-state index in [0.717, 1.165) is 25.7 Å². The fourth-order valence-corrected chi connectivity index (χ4v) is 1.99. The third kappa shape index (κ3) is 3.38. The molecule has 1 aliphatic carbocycles. The Morgan fingerprint density at radius 1 is 1.40 bits per heavy atom. The quantitative estimate of drug-likeness (QED) is 0.696. The van der Waals surface area contributed by atoms with Gasteiger partial charge in [-0.05, 0) is 12.8 Å². The molecule has 0 atom stereocenters. The number of hydrogen-bond acceptors (Lipinski definition) is 3. The van der Waals surface area contributed by atoms with Crippen LogP contribution in [0.4, 0.5) is 4.79 Å². The summed E-state index contributed by atoms with van der Waals surface area (Å²) in [5.74, 6) is -0.200. The van der Waals surface area contributed by atoms with Crippen LogP contribution in [0, 0.1) is 0 Å². The van der Waals surface area contributed by atoms with Crippen LogP contribution in [0.1, 0.15) is 25.7 Å². The molecule has 1 amide bonds. The second-order valence-electron chi connectivity index (χ2n) is 3.71. The molecule has 0 unspecified atom stereocenters. The Morgan fingerprint density at radius 2 is 2.00 bits per heavy atom. The molecule has 0 spiro atoms. The van der Waals surface area contributed by atoms with Gasteiger partial charge in [0.15, 0.2) is 5.78 Å². The summed E-state index contributed by atoms with van der Waals surface area (Å²) in [5.41, 5.74) is 0. The Bertz CT molecular complexity index is 239. The summed E-state index contributed by atoms with van der Waals surface area (Å²) in [5, 5.41) is 0. The Labute approximate surface area is 94.5 Å². The Balaban J connectivity index is 2.59. The van der Waals surface area contributed by atoms with Crippen LogP contribution in [0.3, 0.4) is 0 Å². The van der Waals surface area contributed by atoms with Crippen molar-refractivity contribution < 1.29 is 14.3 Å². The van der Waals surface area contributed by atoms with E-state index in [0.29, 0.717) is 0 Å². The number of Topliss-reactive ketones (excluding diaryl/α,β-unsaturated/α-hetero) is 1. The van der Waals surface area contributed by atoms with E-state index in [1.54, 1.807) is 0 Å². The van der Waals surface area contributed by atoms with Gasteiger partial charge in [-0.15, -0.1) is 11.6 Å². The molecule has 1 rings (SSSR count). The molecular formula is C10H16ClNO3. The SMILES string of the molecule is COC(=O)N(CC(=O)CCl)C1CCCC1. The predicted molar refractivity (Wildman–Crippen MR) is 57.1 cm³/mol. The van der Waals surface area contributed by atoms with Crippen LogP contribution in [0.5, 0.6) is 0 Å². The molecule has 0 aliphatic heterocycles. The second-order valence-corrected chi connectivity index (χ2v) is 3.98. The highest BCUT2D eigenvalue weighted by Crippen LogP contribution is 2.23. The van der Waals surface area contributed by atoms with Gasteiger partial charge in [-0.25, -0.2) is 4.79 Å². The van der Waals surface area contributed by atoms with Crippen molar-refractivity contribution in [3.05, 3.63) is 0 Å². The highest BCUT2D eigenvalue weighted by atomic mass is 35.5. The van der Waals surface area contributed by atoms with Crippen molar-refractivity contribution in [3.63, 3.8) is 0 Å². The van der Waals surface area contributed by atoms with E-state index >= 15 is 0 Å². The summed E-state index contributed by atoms with van der Waals surface area (Å²) in [6.45, 7) is 0.0703. The van der Waals surface area contributed by atoms with E-state index in [1.165, 1.54) is 12.0 Å². The van der Waals surface area contributed by atoms with E-state index in [4.69, 9.17) is 11.6 Å². The Hall–Kier alpha value is -0.770. The lowest BCUT2D eigenvalue weighted by Gasteiger charge is -2.26. The monoisotopic (exact) mass is 233 g/mol. The van der Waals surface area contributed by atoms with E-state index in [2.05, 4.69) is 4.74 Å². The van der Waals surface area contributed by atoms with E-state index < -0.39 is 6.09 Å². The van der Waals surface area contributed by atoms with Crippen molar-refractivity contribution in [2.75, 3.05) is 19.5 Å². The molecule has 0 aromatic heterocycles. The van der Waals surface area contributed by atoms with Crippen LogP contribution in [0.15, 0.2) is 0 Å². The molecule has 1 saturated carbocycles. The molecule has 0 aromatic rings. The van der Waals surface area contributed by atoms with Gasteiger partial charge in [0, 0.05) is 6.04 Å². The zero-order valence-electron chi connectivity index (χ0n) is 8.87. The largest absolute Gasteiger partial charge is 0.453 e. The highest BCUT2D eigenvalue weighted by molar-refractivity contribution is 6.28. The van der Waals surface area contributed by atoms with Gasteiger partial charge in [0.1, 0.15) is 0 Å². The first-order valence-corrected chi connectivity index (χ1v) is 5.64. The van der Waals surface area contributed by atoms with Gasteiger partial charge in [-0.1, -0.05) is 12.8 Å². The fourth-order valence-electron chi connectivity index (χ4n) is 1.91. The maximum atomic E-state index is 11.5. The predicted octanol–water partition coefficient (Wildman–Crippen LogP) is 1.81. The van der Waals surface area contributed by atoms with Crippen LogP contribution >= 0.6 is 11.6 Å². The Morgan fingerprint density at radius 3 is 2.47 bits per heavy atom. The third-order valence-electron chi connectivity index (χ3n) is 2.67. The van der Waals surface area contributed by atoms with Crippen molar-refractivity contribution in [1.29, 1.82) is 0 Å². The van der Waals surface area contributed by atoms with Crippen molar-refractivity contribution in [2.45, 2.75) is 31.7 Å². The van der Waals surface area contributed by atoms with Crippen molar-refractivity contribution >= 4 is 23.5 Å². The topological polar surface area (TPSA) is 46.6 Å². The number of amides is 1. The zero-order chi connectivity index (χ0) is 11.3. The second kappa shape index (κ2) is 5.95. The Kier molecular flexibility index (Phi) is 4.88. The third-order valence-corrected chi connectivity index (χ3v) is 2.97. The molecule has 0 aromatic carbocycles. The van der Waals surface area contributed by atoms with Crippen LogP contribution in [0.25, 0.3) is 0 Å². The molecule has 0 N–H and O–H groups in total. The summed E-state index contributed by atoms with van der Waals surface area (Å²) >= 11 is 5.42. The maximum Gasteiger partial charge on any atom is 0.410 e. The smallest absolute Gasteiger partial charge is 0.410 e. The number of rotatable bonds is 4. The number of ether oxygens (including phenoxy) is 1. The molecule has 1 fully saturated rings. The molecule has 1 aliphatic rings. The van der Waals surface area contributed by atoms with Crippen molar-refractivity contribution in [1.82, 2.24) is 4.90 Å². The number of ketones is 1. The molecule has 15 heavy (non-hydrogen) atoms. The number of alkyl halides is 1. The van der Waals surface area contributed by atoms with Crippen LogP contribution in [0.2, 0.25) is 0 Å². The van der Waals surface area contributed by atoms with Crippen LogP contribution in [-0.4, -0.2) is 42.4 Å². The molecule has 0 saturated heterocycles. The van der Waals surface area contributed by atoms with Gasteiger partial charge in [-0.3, -0.25) is 9.69 Å². The molecule has 86 valence electrons. The van der Waals surface area contributed by atoms with E-state index in [-0.39, 0.29) is 24.2 Å². The molecule has 0 heterocycles. The number of halogens is 1. The zero-order valence-corrected chi connectivity index (χ0v) is 9.63. The highest BCUT2D eigenvalue weighted by Gasteiger charge is 2.28. The fraction of sp³-hybridized carbons (Fsp3) is 0.800. The summed E-state index contributed by atoms with van der Waals surface area (Å²) in [6.07, 6.45) is 3.68. The summed E-state index contributed by atoms with van der Waals surface area (Å²) < 4.78 is 4.66. The molecule has 4 nitrogen and oxygen atoms in total. The number of hydrogen-bond donors (Lipinski definition) is 0. The maximum absolute atomic E-state index is 11.5. The first-order chi connectivity index (χ1) is 7.19. The van der Waals surface area contributed by atoms with Gasteiger partial charge in [0.2, 0.25) is 0 Å². The summed E-state index contributed by atoms with van der Waals surface area (Å²) in [6, 6.07) is 0.143. The summed E-state index contributed by atoms with van der Waals surface area (Å²) in [7, 11) is 1.33. The molecule has 5 heteroatoms. The first-order valence-electron chi connectivity index (χ1n) is 5.11. The lowest BCUT2D eigenvalue weighted by Crippen LogP contribution is -2.42. The number of carbonyl (C=O) groups is 2. The van der Waals surface area contributed by atoms with Gasteiger partial charge in [-0.2, -0.15) is 0 Å². The first kappa shape index (κ1) is 12.3. The van der Waals surface area contributed by atoms with Crippen LogP contribution in [-0.2, 0) is 9.53 Å². The normalized spacial score (nSPS) is 16.4. The average molecular weight is 234 g/mol. The van der Waals surface area contributed by atoms with Gasteiger partial charge < -0.3 is 4.74 Å². The van der Waals surface area contributed by atoms with Gasteiger partial charge in [0.05, 0.1) is 19.5 Å². The lowest BCUT2D eigenvalue weighted by atomic mass is 10.2. The lowest BCUT2D eigenvalue weighted by molar-refractivity contribution is -0.118. The van der Waals surface area contributed by atoms with Crippen LogP contribution < -0.4 is 0 Å². The standard InChI is InChI=1S/C10H16ClNO3/c1-15-10(14)12(7-9(13)6-11)8-4-2-3-5-8/h8H,2-7H2,1H3. The molecule has 0 radical (unpaired) electrons. The average Bonchev–Trinajstić information content (AvgIpc) is 2.77. The van der Waals surface area contributed by atoms with Crippen molar-refractivity contribution in [2.24, 2.45) is 0 Å². The molecule has 0 bridgehead atoms. The van der Waals surface area contributed by atoms with Gasteiger partial charge in [0.25, 0.3) is 0 Å². The summed E-state index contributed by atoms with van der Waals surface area (Å²) in [4.78, 5) is 24.2. The van der Waals surface area contributed by atoms with Crippen molar-refractivity contribution in [3.8, 4) is 0 Å². The number of nitrogens with zero attached hydrogens (tertiary/aromatic N) is 1. The number of carbonyl (C=O) groups excluding carboxylic acids is 2. The van der Waals surface area contributed by atoms with Gasteiger partial charge >= 0.3 is 6.09 Å².